The third-order valence-corrected chi connectivity index (χ3v) is 3.56. The first-order valence-electron chi connectivity index (χ1n) is 6.56. The SMILES string of the molecule is c1ccc2c(c1)CC2CNCCCn1ccnn1. The number of aromatic nitrogens is 3. The van der Waals surface area contributed by atoms with Crippen molar-refractivity contribution < 1.29 is 0 Å². The van der Waals surface area contributed by atoms with Crippen LogP contribution >= 0.6 is 0 Å². The van der Waals surface area contributed by atoms with E-state index in [1.54, 1.807) is 6.20 Å². The topological polar surface area (TPSA) is 42.7 Å². The predicted molar refractivity (Wildman–Crippen MR) is 70.4 cm³/mol. The van der Waals surface area contributed by atoms with Gasteiger partial charge in [-0.3, -0.25) is 4.68 Å². The smallest absolute Gasteiger partial charge is 0.0692 e. The molecule has 94 valence electrons. The highest BCUT2D eigenvalue weighted by Gasteiger charge is 2.24. The van der Waals surface area contributed by atoms with E-state index in [1.165, 1.54) is 17.5 Å². The first-order valence-corrected chi connectivity index (χ1v) is 6.56. The molecule has 1 heterocycles. The van der Waals surface area contributed by atoms with Crippen LogP contribution in [0.4, 0.5) is 0 Å². The molecule has 1 aliphatic carbocycles. The molecule has 1 atom stereocenters. The molecule has 1 aliphatic rings. The number of rotatable bonds is 6. The third-order valence-electron chi connectivity index (χ3n) is 3.56. The van der Waals surface area contributed by atoms with E-state index in [2.05, 4.69) is 39.9 Å². The maximum absolute atomic E-state index is 3.94. The highest BCUT2D eigenvalue weighted by Crippen LogP contribution is 2.33. The highest BCUT2D eigenvalue weighted by atomic mass is 15.4. The lowest BCUT2D eigenvalue weighted by Gasteiger charge is -2.30. The summed E-state index contributed by atoms with van der Waals surface area (Å²) in [4.78, 5) is 0. The van der Waals surface area contributed by atoms with E-state index in [-0.39, 0.29) is 0 Å². The average Bonchev–Trinajstić information content (AvgIpc) is 2.87. The van der Waals surface area contributed by atoms with Crippen LogP contribution < -0.4 is 5.32 Å². The fourth-order valence-corrected chi connectivity index (χ4v) is 2.54. The van der Waals surface area contributed by atoms with E-state index < -0.39 is 0 Å². The van der Waals surface area contributed by atoms with Crippen LogP contribution in [-0.4, -0.2) is 28.1 Å². The Morgan fingerprint density at radius 3 is 3.11 bits per heavy atom. The Hall–Kier alpha value is -1.68. The Morgan fingerprint density at radius 1 is 1.33 bits per heavy atom. The molecule has 1 unspecified atom stereocenters. The fourth-order valence-electron chi connectivity index (χ4n) is 2.54. The average molecular weight is 242 g/mol. The number of hydrogen-bond donors (Lipinski definition) is 1. The summed E-state index contributed by atoms with van der Waals surface area (Å²) in [6.45, 7) is 3.07. The lowest BCUT2D eigenvalue weighted by Crippen LogP contribution is -2.30. The van der Waals surface area contributed by atoms with Crippen LogP contribution in [0.25, 0.3) is 0 Å². The first kappa shape index (κ1) is 11.4. The summed E-state index contributed by atoms with van der Waals surface area (Å²) in [5, 5.41) is 11.3. The van der Waals surface area contributed by atoms with Crippen molar-refractivity contribution in [1.82, 2.24) is 20.3 Å². The second-order valence-corrected chi connectivity index (χ2v) is 4.82. The minimum atomic E-state index is 0.715. The van der Waals surface area contributed by atoms with Crippen molar-refractivity contribution in [3.8, 4) is 0 Å². The van der Waals surface area contributed by atoms with Gasteiger partial charge in [-0.15, -0.1) is 5.10 Å². The summed E-state index contributed by atoms with van der Waals surface area (Å²) in [6.07, 6.45) is 5.95. The summed E-state index contributed by atoms with van der Waals surface area (Å²) in [5.74, 6) is 0.715. The van der Waals surface area contributed by atoms with Crippen LogP contribution in [0.3, 0.4) is 0 Å². The zero-order chi connectivity index (χ0) is 12.2. The van der Waals surface area contributed by atoms with Crippen molar-refractivity contribution >= 4 is 0 Å². The van der Waals surface area contributed by atoms with Gasteiger partial charge in [-0.2, -0.15) is 0 Å². The predicted octanol–water partition coefficient (Wildman–Crippen LogP) is 1.60. The van der Waals surface area contributed by atoms with Crippen LogP contribution in [-0.2, 0) is 13.0 Å². The molecule has 2 aromatic rings. The molecule has 0 bridgehead atoms. The number of nitrogens with zero attached hydrogens (tertiary/aromatic N) is 3. The van der Waals surface area contributed by atoms with Crippen molar-refractivity contribution in [1.29, 1.82) is 0 Å². The Bertz CT molecular complexity index is 492. The van der Waals surface area contributed by atoms with Crippen molar-refractivity contribution in [2.24, 2.45) is 0 Å². The molecule has 18 heavy (non-hydrogen) atoms. The molecular formula is C14H18N4. The van der Waals surface area contributed by atoms with Gasteiger partial charge in [0.05, 0.1) is 6.20 Å². The van der Waals surface area contributed by atoms with E-state index in [9.17, 15) is 0 Å². The first-order chi connectivity index (χ1) is 8.93. The summed E-state index contributed by atoms with van der Waals surface area (Å²) >= 11 is 0. The molecule has 1 aromatic heterocycles. The lowest BCUT2D eigenvalue weighted by molar-refractivity contribution is 0.495. The molecule has 0 amide bonds. The zero-order valence-electron chi connectivity index (χ0n) is 10.4. The van der Waals surface area contributed by atoms with Gasteiger partial charge in [0, 0.05) is 25.2 Å². The number of aryl methyl sites for hydroxylation is 1. The molecule has 0 radical (unpaired) electrons. The van der Waals surface area contributed by atoms with Gasteiger partial charge in [0.25, 0.3) is 0 Å². The number of hydrogen-bond acceptors (Lipinski definition) is 3. The van der Waals surface area contributed by atoms with Gasteiger partial charge in [-0.25, -0.2) is 0 Å². The molecule has 1 aromatic carbocycles. The monoisotopic (exact) mass is 242 g/mol. The number of benzene rings is 1. The molecule has 0 spiro atoms. The standard InChI is InChI=1S/C14H18N4/c1-2-5-14-12(4-1)10-13(14)11-15-6-3-8-18-9-7-16-17-18/h1-2,4-5,7,9,13,15H,3,6,8,10-11H2. The molecule has 0 saturated carbocycles. The van der Waals surface area contributed by atoms with E-state index in [0.29, 0.717) is 5.92 Å². The van der Waals surface area contributed by atoms with Gasteiger partial charge in [0.2, 0.25) is 0 Å². The molecule has 1 N–H and O–H groups in total. The van der Waals surface area contributed by atoms with Crippen LogP contribution in [0.1, 0.15) is 23.5 Å². The maximum atomic E-state index is 3.94. The van der Waals surface area contributed by atoms with Gasteiger partial charge in [-0.1, -0.05) is 29.5 Å². The number of fused-ring (bicyclic) bond motifs is 1. The normalized spacial score (nSPS) is 17.2. The summed E-state index contributed by atoms with van der Waals surface area (Å²) in [5.41, 5.74) is 3.05. The molecule has 4 nitrogen and oxygen atoms in total. The summed E-state index contributed by atoms with van der Waals surface area (Å²) < 4.78 is 1.88. The second-order valence-electron chi connectivity index (χ2n) is 4.82. The molecule has 4 heteroatoms. The number of nitrogens with one attached hydrogen (secondary N) is 1. The summed E-state index contributed by atoms with van der Waals surface area (Å²) in [7, 11) is 0. The van der Waals surface area contributed by atoms with Gasteiger partial charge in [-0.05, 0) is 30.5 Å². The Labute approximate surface area is 107 Å². The molecule has 0 saturated heterocycles. The minimum absolute atomic E-state index is 0.715. The van der Waals surface area contributed by atoms with Gasteiger partial charge >= 0.3 is 0 Å². The van der Waals surface area contributed by atoms with E-state index >= 15 is 0 Å². The summed E-state index contributed by atoms with van der Waals surface area (Å²) in [6, 6.07) is 8.74. The van der Waals surface area contributed by atoms with Gasteiger partial charge in [0.1, 0.15) is 0 Å². The third kappa shape index (κ3) is 2.43. The quantitative estimate of drug-likeness (QED) is 0.782. The minimum Gasteiger partial charge on any atom is -0.316 e. The van der Waals surface area contributed by atoms with Crippen molar-refractivity contribution in [2.75, 3.05) is 13.1 Å². The Kier molecular flexibility index (Phi) is 3.37. The maximum Gasteiger partial charge on any atom is 0.0692 e. The van der Waals surface area contributed by atoms with Crippen molar-refractivity contribution in [2.45, 2.75) is 25.3 Å². The molecule has 0 aliphatic heterocycles. The van der Waals surface area contributed by atoms with E-state index in [4.69, 9.17) is 0 Å². The van der Waals surface area contributed by atoms with Crippen LogP contribution in [0.15, 0.2) is 36.7 Å². The Morgan fingerprint density at radius 2 is 2.28 bits per heavy atom. The largest absolute Gasteiger partial charge is 0.316 e. The van der Waals surface area contributed by atoms with Crippen molar-refractivity contribution in [3.05, 3.63) is 47.8 Å². The van der Waals surface area contributed by atoms with Gasteiger partial charge < -0.3 is 5.32 Å². The van der Waals surface area contributed by atoms with E-state index in [0.717, 1.165) is 26.1 Å². The van der Waals surface area contributed by atoms with Crippen LogP contribution in [0, 0.1) is 0 Å². The van der Waals surface area contributed by atoms with Crippen molar-refractivity contribution in [3.63, 3.8) is 0 Å². The zero-order valence-corrected chi connectivity index (χ0v) is 10.4. The van der Waals surface area contributed by atoms with Crippen LogP contribution in [0.2, 0.25) is 0 Å². The van der Waals surface area contributed by atoms with E-state index in [1.807, 2.05) is 10.9 Å². The fraction of sp³-hybridized carbons (Fsp3) is 0.429. The molecular weight excluding hydrogens is 224 g/mol. The lowest BCUT2D eigenvalue weighted by atomic mass is 9.77. The Balaban J connectivity index is 1.34. The second kappa shape index (κ2) is 5.31. The van der Waals surface area contributed by atoms with Gasteiger partial charge in [0.15, 0.2) is 0 Å². The molecule has 0 fully saturated rings. The highest BCUT2D eigenvalue weighted by molar-refractivity contribution is 5.40. The molecule has 3 rings (SSSR count). The van der Waals surface area contributed by atoms with Crippen LogP contribution in [0.5, 0.6) is 0 Å².